The molecule has 1 aliphatic rings. The van der Waals surface area contributed by atoms with Crippen molar-refractivity contribution in [3.05, 3.63) is 28.8 Å². The molecule has 0 saturated heterocycles. The Morgan fingerprint density at radius 1 is 1.40 bits per heavy atom. The van der Waals surface area contributed by atoms with Gasteiger partial charge in [-0.25, -0.2) is 0 Å². The van der Waals surface area contributed by atoms with E-state index in [9.17, 15) is 4.79 Å². The topological polar surface area (TPSA) is 46.5 Å². The minimum atomic E-state index is -0.632. The van der Waals surface area contributed by atoms with Crippen molar-refractivity contribution in [3.63, 3.8) is 0 Å². The second-order valence-corrected chi connectivity index (χ2v) is 5.89. The van der Waals surface area contributed by atoms with E-state index in [1.165, 1.54) is 16.7 Å². The Labute approximate surface area is 121 Å². The highest BCUT2D eigenvalue weighted by molar-refractivity contribution is 5.73. The summed E-state index contributed by atoms with van der Waals surface area (Å²) in [4.78, 5) is 11.0. The van der Waals surface area contributed by atoms with Crippen molar-refractivity contribution in [2.24, 2.45) is 11.8 Å². The lowest BCUT2D eigenvalue weighted by Crippen LogP contribution is -2.06. The molecule has 0 radical (unpaired) electrons. The molecule has 1 N–H and O–H groups in total. The van der Waals surface area contributed by atoms with Crippen molar-refractivity contribution in [1.29, 1.82) is 0 Å². The summed E-state index contributed by atoms with van der Waals surface area (Å²) >= 11 is 0. The quantitative estimate of drug-likeness (QED) is 0.856. The second-order valence-electron chi connectivity index (χ2n) is 5.89. The van der Waals surface area contributed by atoms with Gasteiger partial charge in [0.2, 0.25) is 0 Å². The molecule has 110 valence electrons. The summed E-state index contributed by atoms with van der Waals surface area (Å²) in [5, 5.41) is 9.03. The standard InChI is InChI=1S/C17H24O3/c1-5-12(8-13-9-15(13)17(18)19)14-6-7-16(20-4)11(3)10(14)2/h6-7,12-13,15H,5,8-9H2,1-4H3,(H,18,19). The number of benzene rings is 1. The number of carboxylic acids is 1. The van der Waals surface area contributed by atoms with Crippen LogP contribution in [-0.2, 0) is 4.79 Å². The van der Waals surface area contributed by atoms with Gasteiger partial charge in [-0.1, -0.05) is 13.0 Å². The number of hydrogen-bond donors (Lipinski definition) is 1. The zero-order chi connectivity index (χ0) is 14.9. The first kappa shape index (κ1) is 14.9. The Morgan fingerprint density at radius 2 is 2.10 bits per heavy atom. The molecule has 1 aromatic rings. The summed E-state index contributed by atoms with van der Waals surface area (Å²) in [6.45, 7) is 6.40. The molecule has 2 rings (SSSR count). The van der Waals surface area contributed by atoms with Crippen LogP contribution < -0.4 is 4.74 Å². The zero-order valence-corrected chi connectivity index (χ0v) is 12.8. The lowest BCUT2D eigenvalue weighted by atomic mass is 9.86. The molecule has 3 atom stereocenters. The third-order valence-corrected chi connectivity index (χ3v) is 4.76. The number of ether oxygens (including phenoxy) is 1. The van der Waals surface area contributed by atoms with Crippen LogP contribution in [0.4, 0.5) is 0 Å². The molecule has 0 amide bonds. The molecule has 1 aliphatic carbocycles. The van der Waals surface area contributed by atoms with E-state index < -0.39 is 5.97 Å². The molecule has 3 unspecified atom stereocenters. The van der Waals surface area contributed by atoms with Crippen LogP contribution in [0.3, 0.4) is 0 Å². The summed E-state index contributed by atoms with van der Waals surface area (Å²) in [7, 11) is 1.69. The SMILES string of the molecule is CCC(CC1CC1C(=O)O)c1ccc(OC)c(C)c1C. The number of carbonyl (C=O) groups is 1. The minimum absolute atomic E-state index is 0.108. The molecule has 1 aromatic carbocycles. The number of aliphatic carboxylic acids is 1. The minimum Gasteiger partial charge on any atom is -0.496 e. The van der Waals surface area contributed by atoms with Gasteiger partial charge in [0.15, 0.2) is 0 Å². The smallest absolute Gasteiger partial charge is 0.306 e. The Balaban J connectivity index is 2.16. The number of rotatable bonds is 6. The van der Waals surface area contributed by atoms with Crippen molar-refractivity contribution in [2.45, 2.75) is 46.0 Å². The van der Waals surface area contributed by atoms with Crippen LogP contribution >= 0.6 is 0 Å². The summed E-state index contributed by atoms with van der Waals surface area (Å²) in [5.41, 5.74) is 3.82. The highest BCUT2D eigenvalue weighted by atomic mass is 16.5. The number of methoxy groups -OCH3 is 1. The molecule has 1 fully saturated rings. The summed E-state index contributed by atoms with van der Waals surface area (Å²) < 4.78 is 5.36. The highest BCUT2D eigenvalue weighted by Crippen LogP contribution is 2.46. The molecule has 3 heteroatoms. The van der Waals surface area contributed by atoms with Crippen molar-refractivity contribution >= 4 is 5.97 Å². The fourth-order valence-electron chi connectivity index (χ4n) is 3.17. The summed E-state index contributed by atoms with van der Waals surface area (Å²) in [5.74, 6) is 1.00. The third kappa shape index (κ3) is 2.82. The molecular weight excluding hydrogens is 252 g/mol. The van der Waals surface area contributed by atoms with Crippen LogP contribution in [0.2, 0.25) is 0 Å². The van der Waals surface area contributed by atoms with Gasteiger partial charge >= 0.3 is 5.97 Å². The predicted molar refractivity (Wildman–Crippen MR) is 79.3 cm³/mol. The summed E-state index contributed by atoms with van der Waals surface area (Å²) in [6, 6.07) is 4.18. The molecule has 0 bridgehead atoms. The lowest BCUT2D eigenvalue weighted by molar-refractivity contribution is -0.138. The van der Waals surface area contributed by atoms with E-state index in [4.69, 9.17) is 9.84 Å². The molecule has 20 heavy (non-hydrogen) atoms. The fraction of sp³-hybridized carbons (Fsp3) is 0.588. The van der Waals surface area contributed by atoms with Gasteiger partial charge in [-0.3, -0.25) is 4.79 Å². The van der Waals surface area contributed by atoms with Gasteiger partial charge in [-0.15, -0.1) is 0 Å². The second kappa shape index (κ2) is 5.86. The van der Waals surface area contributed by atoms with Crippen LogP contribution in [0.25, 0.3) is 0 Å². The van der Waals surface area contributed by atoms with Crippen molar-refractivity contribution in [1.82, 2.24) is 0 Å². The lowest BCUT2D eigenvalue weighted by Gasteiger charge is -2.20. The van der Waals surface area contributed by atoms with Crippen molar-refractivity contribution in [2.75, 3.05) is 7.11 Å². The average molecular weight is 276 g/mol. The normalized spacial score (nSPS) is 22.4. The van der Waals surface area contributed by atoms with Crippen LogP contribution in [-0.4, -0.2) is 18.2 Å². The first-order valence-corrected chi connectivity index (χ1v) is 7.36. The Hall–Kier alpha value is -1.51. The average Bonchev–Trinajstić information content (AvgIpc) is 3.19. The number of hydrogen-bond acceptors (Lipinski definition) is 2. The van der Waals surface area contributed by atoms with Gasteiger partial charge in [0.05, 0.1) is 13.0 Å². The van der Waals surface area contributed by atoms with Crippen molar-refractivity contribution < 1.29 is 14.6 Å². The maximum Gasteiger partial charge on any atom is 0.306 e. The van der Waals surface area contributed by atoms with E-state index in [0.29, 0.717) is 11.8 Å². The van der Waals surface area contributed by atoms with E-state index in [2.05, 4.69) is 26.8 Å². The van der Waals surface area contributed by atoms with Gasteiger partial charge in [-0.2, -0.15) is 0 Å². The van der Waals surface area contributed by atoms with Crippen LogP contribution in [0.1, 0.15) is 48.8 Å². The highest BCUT2D eigenvalue weighted by Gasteiger charge is 2.43. The van der Waals surface area contributed by atoms with Gasteiger partial charge in [0.25, 0.3) is 0 Å². The summed E-state index contributed by atoms with van der Waals surface area (Å²) in [6.07, 6.45) is 2.88. The van der Waals surface area contributed by atoms with Crippen molar-refractivity contribution in [3.8, 4) is 5.75 Å². The van der Waals surface area contributed by atoms with Gasteiger partial charge in [-0.05, 0) is 67.7 Å². The zero-order valence-electron chi connectivity index (χ0n) is 12.8. The maximum atomic E-state index is 11.0. The fourth-order valence-corrected chi connectivity index (χ4v) is 3.17. The monoisotopic (exact) mass is 276 g/mol. The van der Waals surface area contributed by atoms with E-state index in [1.807, 2.05) is 6.07 Å². The van der Waals surface area contributed by atoms with Gasteiger partial charge in [0, 0.05) is 0 Å². The third-order valence-electron chi connectivity index (χ3n) is 4.76. The van der Waals surface area contributed by atoms with E-state index >= 15 is 0 Å². The van der Waals surface area contributed by atoms with Gasteiger partial charge < -0.3 is 9.84 Å². The molecule has 3 nitrogen and oxygen atoms in total. The Bertz CT molecular complexity index is 507. The van der Waals surface area contributed by atoms with Crippen LogP contribution in [0.5, 0.6) is 5.75 Å². The van der Waals surface area contributed by atoms with Gasteiger partial charge in [0.1, 0.15) is 5.75 Å². The van der Waals surface area contributed by atoms with E-state index in [0.717, 1.165) is 25.0 Å². The largest absolute Gasteiger partial charge is 0.496 e. The molecule has 0 aliphatic heterocycles. The Kier molecular flexibility index (Phi) is 4.36. The molecule has 0 spiro atoms. The molecule has 1 saturated carbocycles. The Morgan fingerprint density at radius 3 is 2.60 bits per heavy atom. The molecule has 0 aromatic heterocycles. The van der Waals surface area contributed by atoms with Crippen LogP contribution in [0, 0.1) is 25.7 Å². The predicted octanol–water partition coefficient (Wildman–Crippen LogP) is 3.92. The maximum absolute atomic E-state index is 11.0. The first-order valence-electron chi connectivity index (χ1n) is 7.36. The van der Waals surface area contributed by atoms with E-state index in [1.54, 1.807) is 7.11 Å². The molecule has 0 heterocycles. The first-order chi connectivity index (χ1) is 9.49. The molecular formula is C17H24O3. The van der Waals surface area contributed by atoms with Crippen LogP contribution in [0.15, 0.2) is 12.1 Å². The van der Waals surface area contributed by atoms with E-state index in [-0.39, 0.29) is 5.92 Å². The number of carboxylic acid groups (broad SMARTS) is 1.